The third-order valence-electron chi connectivity index (χ3n) is 2.71. The number of ether oxygens (including phenoxy) is 2. The molecular formula is C15H18N2O5. The number of carbonyl (C=O) groups excluding carboxylic acids is 1. The fourth-order valence-electron chi connectivity index (χ4n) is 1.59. The van der Waals surface area contributed by atoms with Gasteiger partial charge in [0, 0.05) is 13.0 Å². The van der Waals surface area contributed by atoms with Crippen molar-refractivity contribution in [2.75, 3.05) is 13.2 Å². The van der Waals surface area contributed by atoms with Crippen molar-refractivity contribution in [3.63, 3.8) is 0 Å². The summed E-state index contributed by atoms with van der Waals surface area (Å²) in [5, 5.41) is 19.6. The first kappa shape index (κ1) is 17.5. The lowest BCUT2D eigenvalue weighted by atomic mass is 10.2. The summed E-state index contributed by atoms with van der Waals surface area (Å²) < 4.78 is 10.0. The molecule has 0 heterocycles. The van der Waals surface area contributed by atoms with Crippen LogP contribution < -0.4 is 5.32 Å². The first-order valence-electron chi connectivity index (χ1n) is 6.78. The molecule has 1 atom stereocenters. The Morgan fingerprint density at radius 2 is 2.00 bits per heavy atom. The number of amides is 1. The molecule has 118 valence electrons. The molecule has 2 N–H and O–H groups in total. The smallest absolute Gasteiger partial charge is 0.408 e. The molecule has 1 rings (SSSR count). The number of benzene rings is 1. The predicted octanol–water partition coefficient (Wildman–Crippen LogP) is 1.69. The van der Waals surface area contributed by atoms with Gasteiger partial charge in [-0.15, -0.1) is 0 Å². The molecule has 7 nitrogen and oxygen atoms in total. The number of hydrogen-bond donors (Lipinski definition) is 2. The number of nitrogens with one attached hydrogen (secondary N) is 1. The Bertz CT molecular complexity index is 512. The van der Waals surface area contributed by atoms with Crippen molar-refractivity contribution < 1.29 is 24.2 Å². The van der Waals surface area contributed by atoms with Crippen molar-refractivity contribution in [3.05, 3.63) is 35.9 Å². The first-order chi connectivity index (χ1) is 10.6. The highest BCUT2D eigenvalue weighted by molar-refractivity contribution is 5.79. The SMILES string of the molecule is N#CCCOCCC(NC(=O)OCc1ccccc1)C(=O)O. The minimum absolute atomic E-state index is 0.0671. The summed E-state index contributed by atoms with van der Waals surface area (Å²) in [6.07, 6.45) is -0.459. The second-order valence-electron chi connectivity index (χ2n) is 4.41. The van der Waals surface area contributed by atoms with Crippen LogP contribution in [0, 0.1) is 11.3 Å². The van der Waals surface area contributed by atoms with E-state index in [4.69, 9.17) is 19.8 Å². The van der Waals surface area contributed by atoms with E-state index in [1.54, 1.807) is 12.1 Å². The van der Waals surface area contributed by atoms with Gasteiger partial charge in [-0.25, -0.2) is 9.59 Å². The van der Waals surface area contributed by atoms with Gasteiger partial charge >= 0.3 is 12.1 Å². The fraction of sp³-hybridized carbons (Fsp3) is 0.400. The van der Waals surface area contributed by atoms with Crippen molar-refractivity contribution in [2.24, 2.45) is 0 Å². The Morgan fingerprint density at radius 1 is 1.27 bits per heavy atom. The Labute approximate surface area is 128 Å². The second kappa shape index (κ2) is 10.2. The molecule has 0 fully saturated rings. The van der Waals surface area contributed by atoms with Gasteiger partial charge in [-0.1, -0.05) is 30.3 Å². The normalized spacial score (nSPS) is 11.2. The number of carboxylic acid groups (broad SMARTS) is 1. The van der Waals surface area contributed by atoms with Gasteiger partial charge in [0.25, 0.3) is 0 Å². The van der Waals surface area contributed by atoms with Crippen LogP contribution in [0.5, 0.6) is 0 Å². The molecule has 0 bridgehead atoms. The van der Waals surface area contributed by atoms with Crippen LogP contribution in [0.25, 0.3) is 0 Å². The highest BCUT2D eigenvalue weighted by Gasteiger charge is 2.20. The number of alkyl carbamates (subject to hydrolysis) is 1. The Hall–Kier alpha value is -2.59. The van der Waals surface area contributed by atoms with Crippen molar-refractivity contribution in [2.45, 2.75) is 25.5 Å². The quantitative estimate of drug-likeness (QED) is 0.672. The number of carboxylic acids is 1. The van der Waals surface area contributed by atoms with Gasteiger partial charge in [-0.2, -0.15) is 5.26 Å². The maximum Gasteiger partial charge on any atom is 0.408 e. The van der Waals surface area contributed by atoms with Gasteiger partial charge in [0.05, 0.1) is 19.1 Å². The predicted molar refractivity (Wildman–Crippen MR) is 76.9 cm³/mol. The molecule has 1 amide bonds. The molecule has 0 aliphatic carbocycles. The summed E-state index contributed by atoms with van der Waals surface area (Å²) in [7, 11) is 0. The van der Waals surface area contributed by atoms with E-state index >= 15 is 0 Å². The first-order valence-corrected chi connectivity index (χ1v) is 6.78. The summed E-state index contributed by atoms with van der Waals surface area (Å²) in [4.78, 5) is 22.6. The molecule has 1 aromatic rings. The zero-order valence-corrected chi connectivity index (χ0v) is 12.0. The molecule has 22 heavy (non-hydrogen) atoms. The zero-order chi connectivity index (χ0) is 16.2. The fourth-order valence-corrected chi connectivity index (χ4v) is 1.59. The van der Waals surface area contributed by atoms with E-state index in [1.165, 1.54) is 0 Å². The van der Waals surface area contributed by atoms with Gasteiger partial charge in [0.2, 0.25) is 0 Å². The van der Waals surface area contributed by atoms with Crippen LogP contribution in [0.15, 0.2) is 30.3 Å². The van der Waals surface area contributed by atoms with Gasteiger partial charge < -0.3 is 19.9 Å². The molecule has 1 aromatic carbocycles. The number of aliphatic carboxylic acids is 1. The molecule has 0 radical (unpaired) electrons. The van der Waals surface area contributed by atoms with E-state index in [2.05, 4.69) is 5.32 Å². The number of nitrogens with zero attached hydrogens (tertiary/aromatic N) is 1. The van der Waals surface area contributed by atoms with E-state index in [0.717, 1.165) is 5.56 Å². The molecule has 7 heteroatoms. The van der Waals surface area contributed by atoms with Crippen molar-refractivity contribution in [1.29, 1.82) is 5.26 Å². The number of rotatable bonds is 9. The third-order valence-corrected chi connectivity index (χ3v) is 2.71. The molecule has 0 saturated carbocycles. The lowest BCUT2D eigenvalue weighted by Gasteiger charge is -2.14. The Kier molecular flexibility index (Phi) is 8.08. The Balaban J connectivity index is 2.31. The maximum absolute atomic E-state index is 11.6. The number of hydrogen-bond acceptors (Lipinski definition) is 5. The van der Waals surface area contributed by atoms with Gasteiger partial charge in [0.15, 0.2) is 0 Å². The highest BCUT2D eigenvalue weighted by atomic mass is 16.5. The summed E-state index contributed by atoms with van der Waals surface area (Å²) >= 11 is 0. The van der Waals surface area contributed by atoms with E-state index in [0.29, 0.717) is 0 Å². The average Bonchev–Trinajstić information content (AvgIpc) is 2.52. The molecular weight excluding hydrogens is 288 g/mol. The lowest BCUT2D eigenvalue weighted by molar-refractivity contribution is -0.139. The van der Waals surface area contributed by atoms with Crippen LogP contribution in [0.3, 0.4) is 0 Å². The summed E-state index contributed by atoms with van der Waals surface area (Å²) in [6, 6.07) is 9.89. The monoisotopic (exact) mass is 306 g/mol. The standard InChI is InChI=1S/C15H18N2O5/c16-8-4-9-21-10-7-13(14(18)19)17-15(20)22-11-12-5-2-1-3-6-12/h1-3,5-6,13H,4,7,9-11H2,(H,17,20)(H,18,19). The number of carbonyl (C=O) groups is 2. The Morgan fingerprint density at radius 3 is 2.64 bits per heavy atom. The summed E-state index contributed by atoms with van der Waals surface area (Å²) in [6.45, 7) is 0.441. The van der Waals surface area contributed by atoms with E-state index < -0.39 is 18.1 Å². The van der Waals surface area contributed by atoms with Crippen LogP contribution in [0.4, 0.5) is 4.79 Å². The van der Waals surface area contributed by atoms with Crippen LogP contribution in [-0.4, -0.2) is 36.4 Å². The second-order valence-corrected chi connectivity index (χ2v) is 4.41. The van der Waals surface area contributed by atoms with Gasteiger partial charge in [-0.3, -0.25) is 0 Å². The molecule has 0 aliphatic rings. The number of nitriles is 1. The minimum atomic E-state index is -1.17. The molecule has 0 saturated heterocycles. The van der Waals surface area contributed by atoms with Crippen LogP contribution in [-0.2, 0) is 20.9 Å². The zero-order valence-electron chi connectivity index (χ0n) is 12.0. The third kappa shape index (κ3) is 7.26. The lowest BCUT2D eigenvalue weighted by Crippen LogP contribution is -2.41. The molecule has 0 aliphatic heterocycles. The van der Waals surface area contributed by atoms with Crippen LogP contribution in [0.2, 0.25) is 0 Å². The van der Waals surface area contributed by atoms with Crippen LogP contribution in [0.1, 0.15) is 18.4 Å². The van der Waals surface area contributed by atoms with Crippen molar-refractivity contribution >= 4 is 12.1 Å². The molecule has 0 spiro atoms. The molecule has 1 unspecified atom stereocenters. The molecule has 0 aromatic heterocycles. The van der Waals surface area contributed by atoms with Crippen LogP contribution >= 0.6 is 0 Å². The largest absolute Gasteiger partial charge is 0.480 e. The summed E-state index contributed by atoms with van der Waals surface area (Å²) in [5.74, 6) is -1.17. The van der Waals surface area contributed by atoms with Crippen molar-refractivity contribution in [1.82, 2.24) is 5.32 Å². The topological polar surface area (TPSA) is 109 Å². The summed E-state index contributed by atoms with van der Waals surface area (Å²) in [5.41, 5.74) is 0.810. The maximum atomic E-state index is 11.6. The van der Waals surface area contributed by atoms with Gasteiger partial charge in [0.1, 0.15) is 12.6 Å². The van der Waals surface area contributed by atoms with E-state index in [-0.39, 0.29) is 32.7 Å². The van der Waals surface area contributed by atoms with E-state index in [9.17, 15) is 9.59 Å². The highest BCUT2D eigenvalue weighted by Crippen LogP contribution is 2.01. The average molecular weight is 306 g/mol. The van der Waals surface area contributed by atoms with Crippen molar-refractivity contribution in [3.8, 4) is 6.07 Å². The minimum Gasteiger partial charge on any atom is -0.480 e. The van der Waals surface area contributed by atoms with E-state index in [1.807, 2.05) is 24.3 Å². The van der Waals surface area contributed by atoms with Gasteiger partial charge in [-0.05, 0) is 5.56 Å².